The van der Waals surface area contributed by atoms with E-state index in [2.05, 4.69) is 10.0 Å². The van der Waals surface area contributed by atoms with Gasteiger partial charge in [-0.05, 0) is 38.4 Å². The third kappa shape index (κ3) is 3.95. The second-order valence-electron chi connectivity index (χ2n) is 4.46. The van der Waals surface area contributed by atoms with Gasteiger partial charge in [-0.15, -0.1) is 12.4 Å². The van der Waals surface area contributed by atoms with E-state index in [1.54, 1.807) is 12.1 Å². The van der Waals surface area contributed by atoms with E-state index in [9.17, 15) is 8.42 Å². The van der Waals surface area contributed by atoms with E-state index in [0.717, 1.165) is 24.9 Å². The summed E-state index contributed by atoms with van der Waals surface area (Å²) in [5.74, 6) is 0. The minimum atomic E-state index is -3.35. The molecule has 1 atom stereocenters. The molecule has 0 amide bonds. The van der Waals surface area contributed by atoms with Gasteiger partial charge in [0.1, 0.15) is 0 Å². The van der Waals surface area contributed by atoms with Crippen LogP contribution < -0.4 is 10.0 Å². The van der Waals surface area contributed by atoms with Crippen molar-refractivity contribution in [1.82, 2.24) is 10.0 Å². The zero-order chi connectivity index (χ0) is 12.3. The molecule has 1 aliphatic rings. The highest BCUT2D eigenvalue weighted by Crippen LogP contribution is 2.10. The molecule has 1 heterocycles. The Morgan fingerprint density at radius 2 is 2.00 bits per heavy atom. The summed E-state index contributed by atoms with van der Waals surface area (Å²) < 4.78 is 26.6. The molecular weight excluding hydrogens is 272 g/mol. The lowest BCUT2D eigenvalue weighted by Crippen LogP contribution is -2.37. The van der Waals surface area contributed by atoms with Gasteiger partial charge in [0.2, 0.25) is 10.0 Å². The van der Waals surface area contributed by atoms with Crippen LogP contribution in [0.25, 0.3) is 0 Å². The number of hydrogen-bond acceptors (Lipinski definition) is 3. The second-order valence-corrected chi connectivity index (χ2v) is 6.23. The molecule has 0 radical (unpaired) electrons. The molecule has 0 bridgehead atoms. The Morgan fingerprint density at radius 3 is 2.56 bits per heavy atom. The van der Waals surface area contributed by atoms with Crippen molar-refractivity contribution in [3.63, 3.8) is 0 Å². The highest BCUT2D eigenvalue weighted by molar-refractivity contribution is 7.89. The van der Waals surface area contributed by atoms with Crippen LogP contribution in [0.4, 0.5) is 0 Å². The Balaban J connectivity index is 0.00000162. The van der Waals surface area contributed by atoms with Crippen molar-refractivity contribution >= 4 is 22.4 Å². The van der Waals surface area contributed by atoms with E-state index in [0.29, 0.717) is 11.4 Å². The van der Waals surface area contributed by atoms with Gasteiger partial charge in [0.25, 0.3) is 0 Å². The molecule has 4 nitrogen and oxygen atoms in total. The van der Waals surface area contributed by atoms with E-state index in [1.165, 1.54) is 0 Å². The van der Waals surface area contributed by atoms with Crippen LogP contribution in [0.2, 0.25) is 0 Å². The molecule has 102 valence electrons. The summed E-state index contributed by atoms with van der Waals surface area (Å²) in [5.41, 5.74) is 1.06. The molecule has 1 aliphatic heterocycles. The van der Waals surface area contributed by atoms with Gasteiger partial charge in [-0.1, -0.05) is 17.7 Å². The SMILES string of the molecule is Cc1ccc(S(=O)(=O)NCC2CCCN2)cc1.Cl. The first-order valence-corrected chi connectivity index (χ1v) is 7.36. The maximum atomic E-state index is 12.0. The topological polar surface area (TPSA) is 58.2 Å². The molecule has 1 unspecified atom stereocenters. The number of sulfonamides is 1. The van der Waals surface area contributed by atoms with Crippen molar-refractivity contribution in [3.8, 4) is 0 Å². The van der Waals surface area contributed by atoms with Crippen molar-refractivity contribution in [2.24, 2.45) is 0 Å². The van der Waals surface area contributed by atoms with Crippen LogP contribution in [0, 0.1) is 6.92 Å². The lowest BCUT2D eigenvalue weighted by Gasteiger charge is -2.12. The van der Waals surface area contributed by atoms with E-state index >= 15 is 0 Å². The van der Waals surface area contributed by atoms with Gasteiger partial charge in [-0.2, -0.15) is 0 Å². The molecule has 0 aliphatic carbocycles. The Kier molecular flexibility index (Phi) is 5.59. The molecular formula is C12H19ClN2O2S. The molecule has 1 aromatic carbocycles. The predicted molar refractivity (Wildman–Crippen MR) is 74.6 cm³/mol. The molecule has 2 N–H and O–H groups in total. The summed E-state index contributed by atoms with van der Waals surface area (Å²) in [6, 6.07) is 7.17. The summed E-state index contributed by atoms with van der Waals surface area (Å²) in [6.07, 6.45) is 2.16. The van der Waals surface area contributed by atoms with Crippen molar-refractivity contribution < 1.29 is 8.42 Å². The minimum Gasteiger partial charge on any atom is -0.313 e. The monoisotopic (exact) mass is 290 g/mol. The lowest BCUT2D eigenvalue weighted by atomic mass is 10.2. The van der Waals surface area contributed by atoms with Crippen LogP contribution in [-0.2, 0) is 10.0 Å². The van der Waals surface area contributed by atoms with Gasteiger partial charge < -0.3 is 5.32 Å². The molecule has 0 aromatic heterocycles. The zero-order valence-electron chi connectivity index (χ0n) is 10.3. The lowest BCUT2D eigenvalue weighted by molar-refractivity contribution is 0.552. The predicted octanol–water partition coefficient (Wildman–Crippen LogP) is 1.45. The number of rotatable bonds is 4. The summed E-state index contributed by atoms with van der Waals surface area (Å²) in [7, 11) is -3.35. The maximum absolute atomic E-state index is 12.0. The molecule has 2 rings (SSSR count). The molecule has 1 fully saturated rings. The van der Waals surface area contributed by atoms with Crippen LogP contribution in [0.1, 0.15) is 18.4 Å². The summed E-state index contributed by atoms with van der Waals surface area (Å²) >= 11 is 0. The van der Waals surface area contributed by atoms with Crippen molar-refractivity contribution in [1.29, 1.82) is 0 Å². The first kappa shape index (κ1) is 15.4. The number of hydrogen-bond donors (Lipinski definition) is 2. The van der Waals surface area contributed by atoms with Gasteiger partial charge in [0.05, 0.1) is 4.90 Å². The Labute approximate surface area is 115 Å². The van der Waals surface area contributed by atoms with E-state index in [-0.39, 0.29) is 18.4 Å². The fourth-order valence-electron chi connectivity index (χ4n) is 1.94. The average molecular weight is 291 g/mol. The average Bonchev–Trinajstić information content (AvgIpc) is 2.80. The van der Waals surface area contributed by atoms with E-state index in [4.69, 9.17) is 0 Å². The van der Waals surface area contributed by atoms with Gasteiger partial charge in [-0.3, -0.25) is 0 Å². The van der Waals surface area contributed by atoms with Gasteiger partial charge >= 0.3 is 0 Å². The standard InChI is InChI=1S/C12H18N2O2S.ClH/c1-10-4-6-12(7-5-10)17(15,16)14-9-11-3-2-8-13-11;/h4-7,11,13-14H,2-3,8-9H2,1H3;1H. The third-order valence-corrected chi connectivity index (χ3v) is 4.45. The Morgan fingerprint density at radius 1 is 1.33 bits per heavy atom. The van der Waals surface area contributed by atoms with E-state index < -0.39 is 10.0 Å². The largest absolute Gasteiger partial charge is 0.313 e. The Bertz CT molecular complexity index is 467. The first-order chi connectivity index (χ1) is 8.08. The van der Waals surface area contributed by atoms with Crippen molar-refractivity contribution in [2.75, 3.05) is 13.1 Å². The minimum absolute atomic E-state index is 0. The maximum Gasteiger partial charge on any atom is 0.240 e. The number of halogens is 1. The van der Waals surface area contributed by atoms with Gasteiger partial charge in [-0.25, -0.2) is 13.1 Å². The van der Waals surface area contributed by atoms with Gasteiger partial charge in [0, 0.05) is 12.6 Å². The molecule has 1 saturated heterocycles. The fourth-order valence-corrected chi connectivity index (χ4v) is 3.02. The molecule has 0 spiro atoms. The highest BCUT2D eigenvalue weighted by Gasteiger charge is 2.18. The fraction of sp³-hybridized carbons (Fsp3) is 0.500. The molecule has 0 saturated carbocycles. The van der Waals surface area contributed by atoms with Crippen molar-refractivity contribution in [3.05, 3.63) is 29.8 Å². The number of benzene rings is 1. The van der Waals surface area contributed by atoms with Gasteiger partial charge in [0.15, 0.2) is 0 Å². The van der Waals surface area contributed by atoms with Crippen LogP contribution in [0.3, 0.4) is 0 Å². The van der Waals surface area contributed by atoms with Crippen LogP contribution >= 0.6 is 12.4 Å². The smallest absolute Gasteiger partial charge is 0.240 e. The van der Waals surface area contributed by atoms with Crippen LogP contribution in [0.5, 0.6) is 0 Å². The summed E-state index contributed by atoms with van der Waals surface area (Å²) in [6.45, 7) is 3.39. The first-order valence-electron chi connectivity index (χ1n) is 5.88. The highest BCUT2D eigenvalue weighted by atomic mass is 35.5. The molecule has 1 aromatic rings. The number of aryl methyl sites for hydroxylation is 1. The zero-order valence-corrected chi connectivity index (χ0v) is 12.0. The molecule has 18 heavy (non-hydrogen) atoms. The third-order valence-electron chi connectivity index (χ3n) is 3.01. The number of nitrogens with one attached hydrogen (secondary N) is 2. The Hall–Kier alpha value is -0.620. The van der Waals surface area contributed by atoms with Crippen LogP contribution in [0.15, 0.2) is 29.2 Å². The van der Waals surface area contributed by atoms with Crippen LogP contribution in [-0.4, -0.2) is 27.5 Å². The van der Waals surface area contributed by atoms with E-state index in [1.807, 2.05) is 19.1 Å². The normalized spacial score (nSPS) is 19.5. The second kappa shape index (κ2) is 6.52. The summed E-state index contributed by atoms with van der Waals surface area (Å²) in [5, 5.41) is 3.26. The molecule has 6 heteroatoms. The summed E-state index contributed by atoms with van der Waals surface area (Å²) in [4.78, 5) is 0.334. The van der Waals surface area contributed by atoms with Crippen molar-refractivity contribution in [2.45, 2.75) is 30.7 Å². The quantitative estimate of drug-likeness (QED) is 0.882.